The number of thiazole rings is 1. The van der Waals surface area contributed by atoms with Crippen molar-refractivity contribution in [2.75, 3.05) is 12.4 Å². The molecular weight excluding hydrogens is 376 g/mol. The molecule has 3 heterocycles. The number of anilines is 1. The normalized spacial score (nSPS) is 16.4. The third-order valence-corrected chi connectivity index (χ3v) is 6.05. The van der Waals surface area contributed by atoms with E-state index < -0.39 is 12.0 Å². The molecule has 1 aliphatic heterocycles. The molecule has 2 aromatic heterocycles. The molecule has 28 heavy (non-hydrogen) atoms. The summed E-state index contributed by atoms with van der Waals surface area (Å²) in [6.07, 6.45) is 4.49. The summed E-state index contributed by atoms with van der Waals surface area (Å²) in [5, 5.41) is 4.07. The van der Waals surface area contributed by atoms with Crippen LogP contribution in [0.1, 0.15) is 36.3 Å². The van der Waals surface area contributed by atoms with Gasteiger partial charge < -0.3 is 10.1 Å². The van der Waals surface area contributed by atoms with E-state index >= 15 is 0 Å². The second-order valence-corrected chi connectivity index (χ2v) is 7.70. The van der Waals surface area contributed by atoms with Crippen LogP contribution in [0.3, 0.4) is 0 Å². The first-order valence-electron chi connectivity index (χ1n) is 9.04. The number of fused-ring (bicyclic) bond motifs is 1. The lowest BCUT2D eigenvalue weighted by Crippen LogP contribution is -2.31. The van der Waals surface area contributed by atoms with Crippen LogP contribution < -0.4 is 10.9 Å². The van der Waals surface area contributed by atoms with E-state index in [0.29, 0.717) is 24.4 Å². The molecule has 0 bridgehead atoms. The van der Waals surface area contributed by atoms with Crippen molar-refractivity contribution in [3.63, 3.8) is 0 Å². The molecule has 4 rings (SSSR count). The van der Waals surface area contributed by atoms with Crippen molar-refractivity contribution in [1.29, 1.82) is 0 Å². The Morgan fingerprint density at radius 1 is 1.29 bits per heavy atom. The number of hydrogen-bond acceptors (Lipinski definition) is 7. The molecule has 1 aliphatic rings. The Morgan fingerprint density at radius 3 is 2.82 bits per heavy atom. The fourth-order valence-electron chi connectivity index (χ4n) is 3.38. The number of nitrogens with zero attached hydrogens (tertiary/aromatic N) is 3. The first-order chi connectivity index (χ1) is 13.6. The smallest absolute Gasteiger partial charge is 0.329 e. The Bertz CT molecular complexity index is 1060. The molecule has 1 aromatic carbocycles. The number of aromatic nitrogens is 3. The molecule has 2 unspecified atom stereocenters. The molecule has 0 saturated carbocycles. The van der Waals surface area contributed by atoms with E-state index in [-0.39, 0.29) is 11.6 Å². The first-order valence-corrected chi connectivity index (χ1v) is 9.86. The summed E-state index contributed by atoms with van der Waals surface area (Å²) in [6.45, 7) is 1.95. The first kappa shape index (κ1) is 18.4. The molecule has 0 amide bonds. The molecule has 0 radical (unpaired) electrons. The fraction of sp³-hybridized carbons (Fsp3) is 0.300. The monoisotopic (exact) mass is 396 g/mol. The Balaban J connectivity index is 1.58. The highest BCUT2D eigenvalue weighted by Crippen LogP contribution is 2.30. The highest BCUT2D eigenvalue weighted by atomic mass is 32.1. The van der Waals surface area contributed by atoms with Crippen molar-refractivity contribution >= 4 is 23.0 Å². The summed E-state index contributed by atoms with van der Waals surface area (Å²) in [5.74, 6) is 0.194. The van der Waals surface area contributed by atoms with Gasteiger partial charge in [-0.15, -0.1) is 11.3 Å². The van der Waals surface area contributed by atoms with Gasteiger partial charge in [0.2, 0.25) is 0 Å². The second kappa shape index (κ2) is 7.55. The van der Waals surface area contributed by atoms with Gasteiger partial charge in [0, 0.05) is 12.6 Å². The number of nitrogens with one attached hydrogen (secondary N) is 1. The topological polar surface area (TPSA) is 86.1 Å². The number of methoxy groups -OCH3 is 1. The van der Waals surface area contributed by atoms with Crippen LogP contribution in [0, 0.1) is 0 Å². The van der Waals surface area contributed by atoms with E-state index in [1.807, 2.05) is 43.5 Å². The lowest BCUT2D eigenvalue weighted by Gasteiger charge is -2.16. The predicted octanol–water partition coefficient (Wildman–Crippen LogP) is 3.20. The Labute approximate surface area is 166 Å². The highest BCUT2D eigenvalue weighted by molar-refractivity contribution is 7.15. The summed E-state index contributed by atoms with van der Waals surface area (Å²) >= 11 is 1.58. The van der Waals surface area contributed by atoms with Crippen molar-refractivity contribution in [3.8, 4) is 10.4 Å². The summed E-state index contributed by atoms with van der Waals surface area (Å²) in [4.78, 5) is 34.8. The van der Waals surface area contributed by atoms with Crippen LogP contribution in [0.5, 0.6) is 0 Å². The van der Waals surface area contributed by atoms with Gasteiger partial charge in [0.05, 0.1) is 24.2 Å². The number of carbonyl (C=O) groups is 1. The van der Waals surface area contributed by atoms with Gasteiger partial charge in [-0.1, -0.05) is 30.3 Å². The maximum Gasteiger partial charge on any atom is 0.329 e. The number of aryl methyl sites for hydroxylation is 1. The molecule has 7 nitrogen and oxygen atoms in total. The fourth-order valence-corrected chi connectivity index (χ4v) is 4.31. The van der Waals surface area contributed by atoms with Gasteiger partial charge in [0.25, 0.3) is 5.56 Å². The van der Waals surface area contributed by atoms with Gasteiger partial charge in [0.1, 0.15) is 22.6 Å². The summed E-state index contributed by atoms with van der Waals surface area (Å²) in [5.41, 5.74) is 1.20. The van der Waals surface area contributed by atoms with Crippen LogP contribution in [0.15, 0.2) is 47.5 Å². The van der Waals surface area contributed by atoms with E-state index in [1.54, 1.807) is 11.3 Å². The van der Waals surface area contributed by atoms with E-state index in [9.17, 15) is 9.59 Å². The largest absolute Gasteiger partial charge is 0.467 e. The third kappa shape index (κ3) is 3.31. The van der Waals surface area contributed by atoms with E-state index in [2.05, 4.69) is 15.3 Å². The van der Waals surface area contributed by atoms with Crippen LogP contribution >= 0.6 is 11.3 Å². The van der Waals surface area contributed by atoms with E-state index in [1.165, 1.54) is 17.9 Å². The average Bonchev–Trinajstić information content (AvgIpc) is 3.38. The second-order valence-electron chi connectivity index (χ2n) is 6.64. The van der Waals surface area contributed by atoms with Crippen LogP contribution in [0.25, 0.3) is 10.4 Å². The minimum atomic E-state index is -0.610. The molecule has 3 aromatic rings. The number of ether oxygens (including phenoxy) is 1. The molecule has 2 atom stereocenters. The molecule has 0 saturated heterocycles. The molecule has 0 fully saturated rings. The maximum absolute atomic E-state index is 12.9. The zero-order valence-electron chi connectivity index (χ0n) is 15.6. The van der Waals surface area contributed by atoms with Gasteiger partial charge in [-0.2, -0.15) is 0 Å². The Morgan fingerprint density at radius 2 is 2.07 bits per heavy atom. The minimum Gasteiger partial charge on any atom is -0.467 e. The number of carbonyl (C=O) groups excluding carboxylic acids is 1. The quantitative estimate of drug-likeness (QED) is 0.667. The molecule has 1 N–H and O–H groups in total. The number of rotatable bonds is 5. The molecule has 144 valence electrons. The van der Waals surface area contributed by atoms with Gasteiger partial charge >= 0.3 is 5.97 Å². The lowest BCUT2D eigenvalue weighted by molar-refractivity contribution is -0.144. The van der Waals surface area contributed by atoms with Crippen molar-refractivity contribution < 1.29 is 9.53 Å². The average molecular weight is 396 g/mol. The summed E-state index contributed by atoms with van der Waals surface area (Å²) in [6, 6.07) is 9.26. The van der Waals surface area contributed by atoms with Crippen LogP contribution in [0.2, 0.25) is 0 Å². The van der Waals surface area contributed by atoms with Crippen molar-refractivity contribution in [1.82, 2.24) is 14.5 Å². The summed E-state index contributed by atoms with van der Waals surface area (Å²) in [7, 11) is 1.33. The zero-order chi connectivity index (χ0) is 19.7. The number of esters is 1. The minimum absolute atomic E-state index is 0.173. The van der Waals surface area contributed by atoms with Gasteiger partial charge in [-0.05, 0) is 18.9 Å². The Hall–Kier alpha value is -3.00. The molecular formula is C20H20N4O3S. The summed E-state index contributed by atoms with van der Waals surface area (Å²) < 4.78 is 6.27. The standard InChI is InChI=1S/C20H20N4O3S/c1-12(18-22-11-16(28-18)13-6-4-3-5-7-13)23-14-10-21-17-9-8-15(20(26)27-2)24(17)19(14)25/h3-7,10-12,15,23H,8-9H2,1-2H3. The number of hydrogen-bond donors (Lipinski definition) is 1. The SMILES string of the molecule is COC(=O)C1CCc2ncc(NC(C)c3ncc(-c4ccccc4)s3)c(=O)n21. The Kier molecular flexibility index (Phi) is 4.95. The van der Waals surface area contributed by atoms with Crippen LogP contribution in [-0.2, 0) is 16.0 Å². The van der Waals surface area contributed by atoms with Crippen LogP contribution in [-0.4, -0.2) is 27.6 Å². The number of benzene rings is 1. The van der Waals surface area contributed by atoms with Crippen molar-refractivity contribution in [3.05, 3.63) is 63.9 Å². The van der Waals surface area contributed by atoms with Gasteiger partial charge in [0.15, 0.2) is 0 Å². The van der Waals surface area contributed by atoms with E-state index in [4.69, 9.17) is 4.74 Å². The highest BCUT2D eigenvalue weighted by Gasteiger charge is 2.32. The molecule has 0 aliphatic carbocycles. The lowest BCUT2D eigenvalue weighted by atomic mass is 10.2. The van der Waals surface area contributed by atoms with Gasteiger partial charge in [-0.25, -0.2) is 14.8 Å². The third-order valence-electron chi connectivity index (χ3n) is 4.82. The van der Waals surface area contributed by atoms with Gasteiger partial charge in [-0.3, -0.25) is 9.36 Å². The predicted molar refractivity (Wildman–Crippen MR) is 107 cm³/mol. The van der Waals surface area contributed by atoms with Crippen molar-refractivity contribution in [2.45, 2.75) is 31.8 Å². The zero-order valence-corrected chi connectivity index (χ0v) is 16.4. The maximum atomic E-state index is 12.9. The molecule has 8 heteroatoms. The van der Waals surface area contributed by atoms with Crippen LogP contribution in [0.4, 0.5) is 5.69 Å². The van der Waals surface area contributed by atoms with Crippen molar-refractivity contribution in [2.24, 2.45) is 0 Å². The van der Waals surface area contributed by atoms with E-state index in [0.717, 1.165) is 15.4 Å². The molecule has 0 spiro atoms.